The first-order valence-electron chi connectivity index (χ1n) is 6.08. The van der Waals surface area contributed by atoms with Crippen LogP contribution in [0.15, 0.2) is 42.5 Å². The van der Waals surface area contributed by atoms with Crippen molar-refractivity contribution in [3.63, 3.8) is 0 Å². The van der Waals surface area contributed by atoms with E-state index in [2.05, 4.69) is 0 Å². The van der Waals surface area contributed by atoms with E-state index in [-0.39, 0.29) is 11.1 Å². The van der Waals surface area contributed by atoms with Gasteiger partial charge in [-0.15, -0.1) is 0 Å². The predicted molar refractivity (Wildman–Crippen MR) is 69.4 cm³/mol. The molecule has 1 unspecified atom stereocenters. The molecule has 3 nitrogen and oxygen atoms in total. The van der Waals surface area contributed by atoms with Crippen molar-refractivity contribution in [1.29, 1.82) is 0 Å². The Hall–Kier alpha value is -2.41. The number of rotatable bonds is 3. The lowest BCUT2D eigenvalue weighted by Gasteiger charge is -2.16. The van der Waals surface area contributed by atoms with E-state index in [1.54, 1.807) is 0 Å². The minimum absolute atomic E-state index is 0.00932. The Morgan fingerprint density at radius 2 is 1.73 bits per heavy atom. The quantitative estimate of drug-likeness (QED) is 0.851. The number of carboxylic acid groups (broad SMARTS) is 1. The van der Waals surface area contributed by atoms with Gasteiger partial charge in [-0.25, -0.2) is 9.18 Å². The highest BCUT2D eigenvalue weighted by Gasteiger charge is 2.36. The van der Waals surface area contributed by atoms with E-state index in [1.807, 2.05) is 0 Å². The Kier molecular flexibility index (Phi) is 4.18. The lowest BCUT2D eigenvalue weighted by molar-refractivity contribution is -0.149. The summed E-state index contributed by atoms with van der Waals surface area (Å²) in [7, 11) is 0. The fourth-order valence-electron chi connectivity index (χ4n) is 2.04. The van der Waals surface area contributed by atoms with Crippen molar-refractivity contribution >= 4 is 5.97 Å². The predicted octanol–water partition coefficient (Wildman–Crippen LogP) is 3.63. The summed E-state index contributed by atoms with van der Waals surface area (Å²) >= 11 is 0. The Bertz CT molecular complexity index is 710. The van der Waals surface area contributed by atoms with Crippen molar-refractivity contribution in [3.05, 3.63) is 59.4 Å². The molecule has 0 radical (unpaired) electrons. The van der Waals surface area contributed by atoms with Gasteiger partial charge in [0, 0.05) is 11.1 Å². The van der Waals surface area contributed by atoms with Crippen LogP contribution in [0.4, 0.5) is 17.6 Å². The summed E-state index contributed by atoms with van der Waals surface area (Å²) in [5.41, 5.74) is -2.06. The van der Waals surface area contributed by atoms with E-state index in [0.29, 0.717) is 6.07 Å². The highest BCUT2D eigenvalue weighted by atomic mass is 19.4. The van der Waals surface area contributed by atoms with Gasteiger partial charge in [0.25, 0.3) is 0 Å². The molecule has 2 aromatic carbocycles. The average Bonchev–Trinajstić information content (AvgIpc) is 2.45. The monoisotopic (exact) mass is 314 g/mol. The van der Waals surface area contributed by atoms with Crippen molar-refractivity contribution in [1.82, 2.24) is 0 Å². The number of aliphatic carboxylic acids is 1. The Morgan fingerprint density at radius 1 is 1.09 bits per heavy atom. The van der Waals surface area contributed by atoms with Gasteiger partial charge in [0.15, 0.2) is 6.10 Å². The second-order valence-electron chi connectivity index (χ2n) is 4.52. The smallest absolute Gasteiger partial charge is 0.416 e. The van der Waals surface area contributed by atoms with Gasteiger partial charge in [-0.3, -0.25) is 0 Å². The number of alkyl halides is 3. The normalized spacial score (nSPS) is 13.0. The zero-order valence-corrected chi connectivity index (χ0v) is 10.9. The molecule has 0 amide bonds. The standard InChI is InChI=1S/C15H10F4O3/c16-12-4-2-1-3-9(12)8-5-6-11(15(17,18)19)10(7-8)13(20)14(21)22/h1-7,13,20H,(H,21,22). The molecule has 2 aromatic rings. The Morgan fingerprint density at radius 3 is 2.27 bits per heavy atom. The van der Waals surface area contributed by atoms with Gasteiger partial charge < -0.3 is 10.2 Å². The van der Waals surface area contributed by atoms with Crippen molar-refractivity contribution in [3.8, 4) is 11.1 Å². The molecule has 0 heterocycles. The molecule has 0 aliphatic carbocycles. The van der Waals surface area contributed by atoms with Crippen LogP contribution in [0.2, 0.25) is 0 Å². The van der Waals surface area contributed by atoms with Crippen LogP contribution in [0.25, 0.3) is 11.1 Å². The summed E-state index contributed by atoms with van der Waals surface area (Å²) in [6.07, 6.45) is -7.19. The molecular weight excluding hydrogens is 304 g/mol. The number of aliphatic hydroxyl groups is 1. The zero-order chi connectivity index (χ0) is 16.5. The third-order valence-corrected chi connectivity index (χ3v) is 3.07. The van der Waals surface area contributed by atoms with Crippen molar-refractivity contribution in [2.75, 3.05) is 0 Å². The molecule has 0 bridgehead atoms. The van der Waals surface area contributed by atoms with E-state index in [9.17, 15) is 27.5 Å². The third kappa shape index (κ3) is 3.09. The summed E-state index contributed by atoms with van der Waals surface area (Å²) in [5, 5.41) is 18.2. The SMILES string of the molecule is O=C(O)C(O)c1cc(-c2ccccc2F)ccc1C(F)(F)F. The van der Waals surface area contributed by atoms with Gasteiger partial charge in [0.05, 0.1) is 5.56 Å². The average molecular weight is 314 g/mol. The highest BCUT2D eigenvalue weighted by molar-refractivity contribution is 5.76. The first-order chi connectivity index (χ1) is 10.2. The minimum atomic E-state index is -4.83. The molecule has 0 aromatic heterocycles. The molecule has 1 atom stereocenters. The minimum Gasteiger partial charge on any atom is -0.479 e. The van der Waals surface area contributed by atoms with Crippen LogP contribution in [-0.4, -0.2) is 16.2 Å². The number of carboxylic acids is 1. The van der Waals surface area contributed by atoms with Gasteiger partial charge >= 0.3 is 12.1 Å². The molecule has 0 saturated heterocycles. The Labute approximate surface area is 122 Å². The zero-order valence-electron chi connectivity index (χ0n) is 10.9. The molecule has 116 valence electrons. The molecule has 0 spiro atoms. The first-order valence-corrected chi connectivity index (χ1v) is 6.08. The van der Waals surface area contributed by atoms with Crippen molar-refractivity contribution in [2.45, 2.75) is 12.3 Å². The van der Waals surface area contributed by atoms with Crippen LogP contribution in [0, 0.1) is 5.82 Å². The first kappa shape index (κ1) is 16.0. The van der Waals surface area contributed by atoms with Crippen LogP contribution in [0.5, 0.6) is 0 Å². The molecule has 22 heavy (non-hydrogen) atoms. The molecule has 7 heteroatoms. The van der Waals surface area contributed by atoms with Gasteiger partial charge in [-0.2, -0.15) is 13.2 Å². The number of benzene rings is 2. The van der Waals surface area contributed by atoms with E-state index < -0.39 is 35.2 Å². The van der Waals surface area contributed by atoms with E-state index in [0.717, 1.165) is 18.2 Å². The fraction of sp³-hybridized carbons (Fsp3) is 0.133. The van der Waals surface area contributed by atoms with E-state index in [4.69, 9.17) is 5.11 Å². The molecule has 2 N–H and O–H groups in total. The number of hydrogen-bond acceptors (Lipinski definition) is 2. The molecule has 0 fully saturated rings. The number of halogens is 4. The summed E-state index contributed by atoms with van der Waals surface area (Å²) in [5.74, 6) is -2.49. The van der Waals surface area contributed by atoms with Crippen LogP contribution < -0.4 is 0 Å². The molecule has 0 saturated carbocycles. The van der Waals surface area contributed by atoms with Crippen LogP contribution >= 0.6 is 0 Å². The second-order valence-corrected chi connectivity index (χ2v) is 4.52. The van der Waals surface area contributed by atoms with Gasteiger partial charge in [0.2, 0.25) is 0 Å². The highest BCUT2D eigenvalue weighted by Crippen LogP contribution is 2.37. The lowest BCUT2D eigenvalue weighted by Crippen LogP contribution is -2.17. The van der Waals surface area contributed by atoms with Gasteiger partial charge in [0.1, 0.15) is 5.82 Å². The summed E-state index contributed by atoms with van der Waals surface area (Å²) in [4.78, 5) is 10.8. The topological polar surface area (TPSA) is 57.5 Å². The third-order valence-electron chi connectivity index (χ3n) is 3.07. The largest absolute Gasteiger partial charge is 0.479 e. The second kappa shape index (κ2) is 5.76. The van der Waals surface area contributed by atoms with Crippen LogP contribution in [-0.2, 0) is 11.0 Å². The maximum absolute atomic E-state index is 13.7. The van der Waals surface area contributed by atoms with E-state index >= 15 is 0 Å². The molecule has 0 aliphatic heterocycles. The van der Waals surface area contributed by atoms with E-state index in [1.165, 1.54) is 18.2 Å². The lowest BCUT2D eigenvalue weighted by atomic mass is 9.95. The number of hydrogen-bond donors (Lipinski definition) is 2. The Balaban J connectivity index is 2.65. The number of carbonyl (C=O) groups is 1. The maximum atomic E-state index is 13.7. The molecular formula is C15H10F4O3. The van der Waals surface area contributed by atoms with Crippen LogP contribution in [0.1, 0.15) is 17.2 Å². The van der Waals surface area contributed by atoms with Crippen molar-refractivity contribution in [2.24, 2.45) is 0 Å². The fourth-order valence-corrected chi connectivity index (χ4v) is 2.04. The van der Waals surface area contributed by atoms with Crippen molar-refractivity contribution < 1.29 is 32.6 Å². The van der Waals surface area contributed by atoms with Gasteiger partial charge in [-0.05, 0) is 23.8 Å². The summed E-state index contributed by atoms with van der Waals surface area (Å²) < 4.78 is 52.4. The summed E-state index contributed by atoms with van der Waals surface area (Å²) in [6, 6.07) is 7.86. The molecule has 2 rings (SSSR count). The summed E-state index contributed by atoms with van der Waals surface area (Å²) in [6.45, 7) is 0. The molecule has 0 aliphatic rings. The van der Waals surface area contributed by atoms with Crippen LogP contribution in [0.3, 0.4) is 0 Å². The number of aliphatic hydroxyl groups excluding tert-OH is 1. The maximum Gasteiger partial charge on any atom is 0.416 e. The van der Waals surface area contributed by atoms with Gasteiger partial charge in [-0.1, -0.05) is 24.3 Å².